The molecular weight excluding hydrogens is 280 g/mol. The lowest BCUT2D eigenvalue weighted by Crippen LogP contribution is -2.17. The van der Waals surface area contributed by atoms with Crippen LogP contribution < -0.4 is 11.5 Å². The van der Waals surface area contributed by atoms with Gasteiger partial charge in [-0.2, -0.15) is 0 Å². The molecule has 0 radical (unpaired) electrons. The van der Waals surface area contributed by atoms with Crippen LogP contribution in [-0.2, 0) is 5.75 Å². The van der Waals surface area contributed by atoms with Crippen molar-refractivity contribution < 1.29 is 9.59 Å². The van der Waals surface area contributed by atoms with Gasteiger partial charge in [0.15, 0.2) is 0 Å². The van der Waals surface area contributed by atoms with Gasteiger partial charge in [-0.15, -0.1) is 23.1 Å². The maximum atomic E-state index is 11.2. The molecule has 1 heterocycles. The zero-order valence-electron chi connectivity index (χ0n) is 9.96. The lowest BCUT2D eigenvalue weighted by molar-refractivity contribution is 0.0970. The van der Waals surface area contributed by atoms with E-state index >= 15 is 0 Å². The fourth-order valence-corrected chi connectivity index (χ4v) is 3.65. The quantitative estimate of drug-likeness (QED) is 0.829. The van der Waals surface area contributed by atoms with Crippen LogP contribution in [0.25, 0.3) is 0 Å². The third-order valence-corrected chi connectivity index (χ3v) is 4.85. The summed E-state index contributed by atoms with van der Waals surface area (Å²) >= 11 is 2.75. The van der Waals surface area contributed by atoms with E-state index in [4.69, 9.17) is 11.5 Å². The lowest BCUT2D eigenvalue weighted by Gasteiger charge is -1.98. The zero-order valence-corrected chi connectivity index (χ0v) is 11.6. The number of nitrogens with two attached hydrogens (primary N) is 2. The Morgan fingerprint density at radius 2 is 1.79 bits per heavy atom. The van der Waals surface area contributed by atoms with E-state index in [1.54, 1.807) is 17.8 Å². The Kier molecular flexibility index (Phi) is 4.24. The van der Waals surface area contributed by atoms with Crippen LogP contribution in [0.15, 0.2) is 40.6 Å². The summed E-state index contributed by atoms with van der Waals surface area (Å²) in [6, 6.07) is 11.5. The third-order valence-electron chi connectivity index (χ3n) is 2.42. The molecule has 2 aromatic rings. The molecule has 0 aliphatic carbocycles. The number of thioether (sulfide) groups is 1. The lowest BCUT2D eigenvalue weighted by atomic mass is 10.2. The fourth-order valence-electron chi connectivity index (χ4n) is 1.53. The summed E-state index contributed by atoms with van der Waals surface area (Å²) in [5, 5.41) is 0. The van der Waals surface area contributed by atoms with Crippen LogP contribution >= 0.6 is 23.1 Å². The first kappa shape index (κ1) is 13.6. The van der Waals surface area contributed by atoms with Crippen molar-refractivity contribution in [3.8, 4) is 0 Å². The molecule has 0 aliphatic rings. The van der Waals surface area contributed by atoms with Gasteiger partial charge in [-0.1, -0.05) is 30.3 Å². The highest BCUT2D eigenvalue weighted by atomic mass is 32.2. The second kappa shape index (κ2) is 5.90. The maximum absolute atomic E-state index is 11.2. The van der Waals surface area contributed by atoms with Crippen molar-refractivity contribution in [2.75, 3.05) is 0 Å². The summed E-state index contributed by atoms with van der Waals surface area (Å²) < 4.78 is 0.853. The van der Waals surface area contributed by atoms with Gasteiger partial charge in [0.1, 0.15) is 4.88 Å². The molecule has 19 heavy (non-hydrogen) atoms. The summed E-state index contributed by atoms with van der Waals surface area (Å²) in [6.45, 7) is 0. The highest BCUT2D eigenvalue weighted by Crippen LogP contribution is 2.32. The first-order valence-electron chi connectivity index (χ1n) is 5.48. The number of hydrogen-bond donors (Lipinski definition) is 2. The van der Waals surface area contributed by atoms with Gasteiger partial charge in [0, 0.05) is 5.75 Å². The zero-order chi connectivity index (χ0) is 13.8. The normalized spacial score (nSPS) is 10.3. The van der Waals surface area contributed by atoms with Gasteiger partial charge in [0.25, 0.3) is 5.91 Å². The van der Waals surface area contributed by atoms with Gasteiger partial charge in [-0.25, -0.2) is 0 Å². The smallest absolute Gasteiger partial charge is 0.259 e. The Morgan fingerprint density at radius 1 is 1.11 bits per heavy atom. The molecule has 2 rings (SSSR count). The Morgan fingerprint density at radius 3 is 2.32 bits per heavy atom. The minimum atomic E-state index is -0.628. The highest BCUT2D eigenvalue weighted by molar-refractivity contribution is 8.00. The molecule has 2 amide bonds. The standard InChI is InChI=1S/C13H12N2O2S2/c14-12(16)9-6-10(19-11(9)13(15)17)18-7-8-4-2-1-3-5-8/h1-6H,7H2,(H2,14,16)(H2,15,17). The van der Waals surface area contributed by atoms with Crippen LogP contribution in [0.4, 0.5) is 0 Å². The van der Waals surface area contributed by atoms with E-state index in [0.29, 0.717) is 0 Å². The Hall–Kier alpha value is -1.79. The number of benzene rings is 1. The second-order valence-electron chi connectivity index (χ2n) is 3.81. The first-order valence-corrected chi connectivity index (χ1v) is 7.28. The minimum absolute atomic E-state index is 0.202. The Bertz CT molecular complexity index is 577. The molecule has 98 valence electrons. The minimum Gasteiger partial charge on any atom is -0.366 e. The summed E-state index contributed by atoms with van der Waals surface area (Å²) in [7, 11) is 0. The second-order valence-corrected chi connectivity index (χ2v) is 6.14. The van der Waals surface area contributed by atoms with Gasteiger partial charge in [-0.05, 0) is 11.6 Å². The van der Waals surface area contributed by atoms with Crippen LogP contribution in [0.3, 0.4) is 0 Å². The molecule has 0 saturated heterocycles. The number of carbonyl (C=O) groups excluding carboxylic acids is 2. The Balaban J connectivity index is 2.15. The van der Waals surface area contributed by atoms with E-state index in [-0.39, 0.29) is 10.4 Å². The first-order chi connectivity index (χ1) is 9.08. The predicted octanol–water partition coefficient (Wildman–Crippen LogP) is 2.24. The van der Waals surface area contributed by atoms with Crippen molar-refractivity contribution in [2.45, 2.75) is 9.96 Å². The molecule has 0 aliphatic heterocycles. The molecule has 0 atom stereocenters. The average Bonchev–Trinajstić information content (AvgIpc) is 2.82. The third kappa shape index (κ3) is 3.36. The predicted molar refractivity (Wildman–Crippen MR) is 77.4 cm³/mol. The van der Waals surface area contributed by atoms with E-state index in [2.05, 4.69) is 0 Å². The largest absolute Gasteiger partial charge is 0.366 e. The van der Waals surface area contributed by atoms with Crippen molar-refractivity contribution in [3.63, 3.8) is 0 Å². The van der Waals surface area contributed by atoms with Gasteiger partial charge in [0.05, 0.1) is 9.77 Å². The van der Waals surface area contributed by atoms with E-state index in [1.165, 1.54) is 16.9 Å². The van der Waals surface area contributed by atoms with Crippen molar-refractivity contribution in [2.24, 2.45) is 11.5 Å². The fraction of sp³-hybridized carbons (Fsp3) is 0.0769. The molecule has 0 saturated carbocycles. The molecular formula is C13H12N2O2S2. The summed E-state index contributed by atoms with van der Waals surface area (Å²) in [6.07, 6.45) is 0. The van der Waals surface area contributed by atoms with Gasteiger partial charge >= 0.3 is 0 Å². The topological polar surface area (TPSA) is 86.2 Å². The van der Waals surface area contributed by atoms with E-state index in [0.717, 1.165) is 9.96 Å². The maximum Gasteiger partial charge on any atom is 0.259 e. The van der Waals surface area contributed by atoms with Gasteiger partial charge < -0.3 is 11.5 Å². The van der Waals surface area contributed by atoms with Crippen LogP contribution in [-0.4, -0.2) is 11.8 Å². The molecule has 0 spiro atoms. The summed E-state index contributed by atoms with van der Waals surface area (Å²) in [5.41, 5.74) is 11.8. The van der Waals surface area contributed by atoms with E-state index in [1.807, 2.05) is 30.3 Å². The molecule has 0 bridgehead atoms. The summed E-state index contributed by atoms with van der Waals surface area (Å²) in [5.74, 6) is -0.487. The van der Waals surface area contributed by atoms with Crippen molar-refractivity contribution in [3.05, 3.63) is 52.4 Å². The number of primary amides is 2. The number of amides is 2. The number of thiophene rings is 1. The summed E-state index contributed by atoms with van der Waals surface area (Å²) in [4.78, 5) is 22.7. The van der Waals surface area contributed by atoms with Crippen molar-refractivity contribution >= 4 is 34.9 Å². The van der Waals surface area contributed by atoms with Gasteiger partial charge in [-0.3, -0.25) is 9.59 Å². The Labute approximate surface area is 118 Å². The SMILES string of the molecule is NC(=O)c1cc(SCc2ccccc2)sc1C(N)=O. The van der Waals surface area contributed by atoms with Gasteiger partial charge in [0.2, 0.25) is 5.91 Å². The molecule has 6 heteroatoms. The molecule has 1 aromatic heterocycles. The monoisotopic (exact) mass is 292 g/mol. The van der Waals surface area contributed by atoms with Crippen LogP contribution in [0.1, 0.15) is 25.6 Å². The molecule has 0 unspecified atom stereocenters. The highest BCUT2D eigenvalue weighted by Gasteiger charge is 2.17. The van der Waals surface area contributed by atoms with Crippen molar-refractivity contribution in [1.82, 2.24) is 0 Å². The molecule has 4 N–H and O–H groups in total. The molecule has 4 nitrogen and oxygen atoms in total. The van der Waals surface area contributed by atoms with E-state index < -0.39 is 11.8 Å². The van der Waals surface area contributed by atoms with E-state index in [9.17, 15) is 9.59 Å². The molecule has 0 fully saturated rings. The number of hydrogen-bond acceptors (Lipinski definition) is 4. The van der Waals surface area contributed by atoms with Crippen LogP contribution in [0.5, 0.6) is 0 Å². The molecule has 1 aromatic carbocycles. The number of carbonyl (C=O) groups is 2. The number of rotatable bonds is 5. The van der Waals surface area contributed by atoms with Crippen LogP contribution in [0, 0.1) is 0 Å². The van der Waals surface area contributed by atoms with Crippen LogP contribution in [0.2, 0.25) is 0 Å². The average molecular weight is 292 g/mol. The van der Waals surface area contributed by atoms with Crippen molar-refractivity contribution in [1.29, 1.82) is 0 Å².